The lowest BCUT2D eigenvalue weighted by molar-refractivity contribution is 0.0875. The van der Waals surface area contributed by atoms with Gasteiger partial charge in [-0.2, -0.15) is 0 Å². The molecule has 1 aromatic carbocycles. The van der Waals surface area contributed by atoms with Gasteiger partial charge in [0, 0.05) is 37.8 Å². The summed E-state index contributed by atoms with van der Waals surface area (Å²) in [7, 11) is 0. The molecule has 1 heterocycles. The summed E-state index contributed by atoms with van der Waals surface area (Å²) in [6.45, 7) is 7.34. The fourth-order valence-corrected chi connectivity index (χ4v) is 3.95. The topological polar surface area (TPSA) is 52.7 Å². The van der Waals surface area contributed by atoms with Crippen molar-refractivity contribution in [2.75, 3.05) is 32.7 Å². The predicted molar refractivity (Wildman–Crippen MR) is 104 cm³/mol. The third-order valence-corrected chi connectivity index (χ3v) is 5.65. The Morgan fingerprint density at radius 1 is 1.04 bits per heavy atom. The normalized spacial score (nSPS) is 19.4. The molecule has 2 fully saturated rings. The maximum Gasteiger partial charge on any atom is 0.317 e. The van der Waals surface area contributed by atoms with E-state index in [1.54, 1.807) is 0 Å². The quantitative estimate of drug-likeness (QED) is 0.842. The molecule has 3 rings (SSSR count). The predicted octanol–water partition coefficient (Wildman–Crippen LogP) is 3.15. The highest BCUT2D eigenvalue weighted by atomic mass is 16.2. The maximum absolute atomic E-state index is 12.6. The summed E-state index contributed by atoms with van der Waals surface area (Å²) >= 11 is 0. The standard InChI is InChI=1S/C21H31N3O2/c1-16-8-9-17(2)19(14-16)20(25)15-23-10-12-24(13-11-23)21(26)22-18-6-4-3-5-7-18/h8-9,14,18H,3-7,10-13,15H2,1-2H3,(H,22,26). The molecule has 0 aromatic heterocycles. The van der Waals surface area contributed by atoms with Crippen LogP contribution in [0.4, 0.5) is 4.79 Å². The fourth-order valence-electron chi connectivity index (χ4n) is 3.95. The van der Waals surface area contributed by atoms with Gasteiger partial charge in [-0.3, -0.25) is 9.69 Å². The van der Waals surface area contributed by atoms with Crippen LogP contribution in [-0.4, -0.2) is 60.4 Å². The summed E-state index contributed by atoms with van der Waals surface area (Å²) in [5.41, 5.74) is 2.97. The minimum Gasteiger partial charge on any atom is -0.335 e. The Kier molecular flexibility index (Phi) is 6.30. The summed E-state index contributed by atoms with van der Waals surface area (Å²) in [6, 6.07) is 6.44. The van der Waals surface area contributed by atoms with Crippen LogP contribution in [0.2, 0.25) is 0 Å². The van der Waals surface area contributed by atoms with Crippen molar-refractivity contribution in [2.24, 2.45) is 0 Å². The molecule has 1 N–H and O–H groups in total. The van der Waals surface area contributed by atoms with Gasteiger partial charge in [-0.1, -0.05) is 37.0 Å². The molecule has 0 unspecified atom stereocenters. The van der Waals surface area contributed by atoms with E-state index in [-0.39, 0.29) is 11.8 Å². The van der Waals surface area contributed by atoms with Crippen LogP contribution in [0, 0.1) is 13.8 Å². The van der Waals surface area contributed by atoms with Gasteiger partial charge in [0.15, 0.2) is 5.78 Å². The number of hydrogen-bond donors (Lipinski definition) is 1. The zero-order valence-corrected chi connectivity index (χ0v) is 16.1. The number of piperazine rings is 1. The zero-order chi connectivity index (χ0) is 18.5. The third kappa shape index (κ3) is 4.85. The highest BCUT2D eigenvalue weighted by Crippen LogP contribution is 2.18. The SMILES string of the molecule is Cc1ccc(C)c(C(=O)CN2CCN(C(=O)NC3CCCCC3)CC2)c1. The number of carbonyl (C=O) groups excluding carboxylic acids is 2. The van der Waals surface area contributed by atoms with Crippen molar-refractivity contribution in [2.45, 2.75) is 52.0 Å². The highest BCUT2D eigenvalue weighted by Gasteiger charge is 2.25. The van der Waals surface area contributed by atoms with E-state index in [4.69, 9.17) is 0 Å². The molecule has 1 saturated carbocycles. The number of nitrogens with zero attached hydrogens (tertiary/aromatic N) is 2. The summed E-state index contributed by atoms with van der Waals surface area (Å²) in [4.78, 5) is 29.1. The number of aryl methyl sites for hydroxylation is 2. The van der Waals surface area contributed by atoms with E-state index in [9.17, 15) is 9.59 Å². The first kappa shape index (κ1) is 18.9. The van der Waals surface area contributed by atoms with Crippen molar-refractivity contribution in [3.05, 3.63) is 34.9 Å². The van der Waals surface area contributed by atoms with E-state index in [0.717, 1.165) is 42.6 Å². The lowest BCUT2D eigenvalue weighted by Gasteiger charge is -2.35. The summed E-state index contributed by atoms with van der Waals surface area (Å²) < 4.78 is 0. The molecule has 2 amide bonds. The number of hydrogen-bond acceptors (Lipinski definition) is 3. The van der Waals surface area contributed by atoms with Gasteiger partial charge >= 0.3 is 6.03 Å². The average Bonchev–Trinajstić information content (AvgIpc) is 2.65. The van der Waals surface area contributed by atoms with E-state index >= 15 is 0 Å². The second-order valence-corrected chi connectivity index (χ2v) is 7.79. The van der Waals surface area contributed by atoms with Crippen molar-refractivity contribution >= 4 is 11.8 Å². The molecule has 26 heavy (non-hydrogen) atoms. The first-order valence-corrected chi connectivity index (χ1v) is 9.91. The number of ketones is 1. The maximum atomic E-state index is 12.6. The Hall–Kier alpha value is -1.88. The Morgan fingerprint density at radius 2 is 1.73 bits per heavy atom. The van der Waals surface area contributed by atoms with Crippen LogP contribution in [0.3, 0.4) is 0 Å². The van der Waals surface area contributed by atoms with E-state index in [0.29, 0.717) is 25.7 Å². The van der Waals surface area contributed by atoms with Crippen LogP contribution in [0.25, 0.3) is 0 Å². The van der Waals surface area contributed by atoms with Gasteiger partial charge in [-0.25, -0.2) is 4.79 Å². The first-order valence-electron chi connectivity index (χ1n) is 9.91. The van der Waals surface area contributed by atoms with Crippen LogP contribution < -0.4 is 5.32 Å². The molecule has 2 aliphatic rings. The number of rotatable bonds is 4. The molecule has 142 valence electrons. The van der Waals surface area contributed by atoms with Crippen molar-refractivity contribution in [1.29, 1.82) is 0 Å². The van der Waals surface area contributed by atoms with Gasteiger partial charge in [-0.05, 0) is 38.3 Å². The summed E-state index contributed by atoms with van der Waals surface area (Å²) in [6.07, 6.45) is 5.95. The van der Waals surface area contributed by atoms with Crippen LogP contribution in [0.5, 0.6) is 0 Å². The summed E-state index contributed by atoms with van der Waals surface area (Å²) in [5, 5.41) is 3.19. The van der Waals surface area contributed by atoms with Gasteiger partial charge in [-0.15, -0.1) is 0 Å². The monoisotopic (exact) mass is 357 g/mol. The number of nitrogens with one attached hydrogen (secondary N) is 1. The van der Waals surface area contributed by atoms with Crippen molar-refractivity contribution in [1.82, 2.24) is 15.1 Å². The van der Waals surface area contributed by atoms with Crippen LogP contribution in [-0.2, 0) is 0 Å². The van der Waals surface area contributed by atoms with Crippen LogP contribution >= 0.6 is 0 Å². The fraction of sp³-hybridized carbons (Fsp3) is 0.619. The van der Waals surface area contributed by atoms with Crippen molar-refractivity contribution in [3.63, 3.8) is 0 Å². The Morgan fingerprint density at radius 3 is 2.42 bits per heavy atom. The van der Waals surface area contributed by atoms with E-state index < -0.39 is 0 Å². The third-order valence-electron chi connectivity index (χ3n) is 5.65. The number of amides is 2. The van der Waals surface area contributed by atoms with Gasteiger partial charge in [0.25, 0.3) is 0 Å². The lowest BCUT2D eigenvalue weighted by Crippen LogP contribution is -2.54. The molecule has 1 saturated heterocycles. The van der Waals surface area contributed by atoms with Gasteiger partial charge in [0.2, 0.25) is 0 Å². The minimum absolute atomic E-state index is 0.0670. The molecule has 1 aliphatic carbocycles. The Labute approximate surface area is 156 Å². The molecule has 1 aromatic rings. The lowest BCUT2D eigenvalue weighted by atomic mass is 9.96. The number of carbonyl (C=O) groups is 2. The molecular formula is C21H31N3O2. The first-order chi connectivity index (χ1) is 12.5. The molecule has 0 atom stereocenters. The molecule has 0 bridgehead atoms. The van der Waals surface area contributed by atoms with E-state index in [2.05, 4.69) is 10.2 Å². The number of urea groups is 1. The van der Waals surface area contributed by atoms with E-state index in [1.807, 2.05) is 36.9 Å². The molecule has 0 spiro atoms. The second-order valence-electron chi connectivity index (χ2n) is 7.79. The molecule has 5 heteroatoms. The molecule has 1 aliphatic heterocycles. The smallest absolute Gasteiger partial charge is 0.317 e. The van der Waals surface area contributed by atoms with E-state index in [1.165, 1.54) is 19.3 Å². The van der Waals surface area contributed by atoms with Crippen molar-refractivity contribution in [3.8, 4) is 0 Å². The highest BCUT2D eigenvalue weighted by molar-refractivity contribution is 5.99. The van der Waals surface area contributed by atoms with Gasteiger partial charge < -0.3 is 10.2 Å². The van der Waals surface area contributed by atoms with Crippen molar-refractivity contribution < 1.29 is 9.59 Å². The second kappa shape index (κ2) is 8.67. The summed E-state index contributed by atoms with van der Waals surface area (Å²) in [5.74, 6) is 0.173. The largest absolute Gasteiger partial charge is 0.335 e. The molecule has 5 nitrogen and oxygen atoms in total. The number of benzene rings is 1. The zero-order valence-electron chi connectivity index (χ0n) is 16.1. The minimum atomic E-state index is 0.0670. The average molecular weight is 357 g/mol. The number of Topliss-reactive ketones (excluding diaryl/α,β-unsaturated/α-hetero) is 1. The Bertz CT molecular complexity index is 645. The van der Waals surface area contributed by atoms with Crippen LogP contribution in [0.15, 0.2) is 18.2 Å². The van der Waals surface area contributed by atoms with Gasteiger partial charge in [0.1, 0.15) is 0 Å². The molecule has 0 radical (unpaired) electrons. The molecular weight excluding hydrogens is 326 g/mol. The van der Waals surface area contributed by atoms with Gasteiger partial charge in [0.05, 0.1) is 6.54 Å². The Balaban J connectivity index is 1.46. The van der Waals surface area contributed by atoms with Crippen LogP contribution in [0.1, 0.15) is 53.6 Å².